The number of aromatic carboxylic acids is 1. The van der Waals surface area contributed by atoms with Crippen LogP contribution in [-0.4, -0.2) is 21.0 Å². The predicted molar refractivity (Wildman–Crippen MR) is 50.6 cm³/mol. The summed E-state index contributed by atoms with van der Waals surface area (Å²) in [6.07, 6.45) is 0. The minimum atomic E-state index is -1.28. The molecule has 0 unspecified atom stereocenters. The van der Waals surface area contributed by atoms with E-state index in [1.54, 1.807) is 22.6 Å². The van der Waals surface area contributed by atoms with E-state index in [1.807, 2.05) is 0 Å². The summed E-state index contributed by atoms with van der Waals surface area (Å²) in [5, 5.41) is 18.8. The summed E-state index contributed by atoms with van der Waals surface area (Å²) in [4.78, 5) is 23.7. The molecule has 0 amide bonds. The van der Waals surface area contributed by atoms with Crippen molar-refractivity contribution in [2.75, 3.05) is 0 Å². The predicted octanol–water partition coefficient (Wildman–Crippen LogP) is 1.29. The molecule has 0 aliphatic heterocycles. The fourth-order valence-corrected chi connectivity index (χ4v) is 1.28. The van der Waals surface area contributed by atoms with Crippen molar-refractivity contribution >= 4 is 34.2 Å². The van der Waals surface area contributed by atoms with Crippen LogP contribution >= 0.6 is 22.6 Å². The second kappa shape index (κ2) is 3.64. The molecule has 68 valence electrons. The zero-order valence-corrected chi connectivity index (χ0v) is 8.26. The van der Waals surface area contributed by atoms with Crippen molar-refractivity contribution in [1.29, 1.82) is 0 Å². The highest BCUT2D eigenvalue weighted by atomic mass is 127. The largest absolute Gasteiger partial charge is 0.477 e. The van der Waals surface area contributed by atoms with Crippen LogP contribution in [0.2, 0.25) is 0 Å². The number of pyridine rings is 1. The monoisotopic (exact) mass is 294 g/mol. The summed E-state index contributed by atoms with van der Waals surface area (Å²) < 4.78 is 0.282. The smallest absolute Gasteiger partial charge is 0.354 e. The van der Waals surface area contributed by atoms with E-state index in [1.165, 1.54) is 6.07 Å². The molecule has 13 heavy (non-hydrogen) atoms. The molecule has 1 N–H and O–H groups in total. The average molecular weight is 294 g/mol. The fraction of sp³-hybridized carbons (Fsp3) is 0. The summed E-state index contributed by atoms with van der Waals surface area (Å²) >= 11 is 1.72. The van der Waals surface area contributed by atoms with Gasteiger partial charge in [0.2, 0.25) is 0 Å². The van der Waals surface area contributed by atoms with Crippen LogP contribution in [0.15, 0.2) is 12.1 Å². The lowest BCUT2D eigenvalue weighted by molar-refractivity contribution is -0.385. The number of rotatable bonds is 2. The number of carboxylic acids is 1. The zero-order valence-electron chi connectivity index (χ0n) is 6.10. The lowest BCUT2D eigenvalue weighted by Crippen LogP contribution is -2.03. The molecule has 7 heteroatoms. The molecule has 0 saturated carbocycles. The van der Waals surface area contributed by atoms with E-state index in [4.69, 9.17) is 5.11 Å². The van der Waals surface area contributed by atoms with Gasteiger partial charge in [0.25, 0.3) is 5.69 Å². The molecule has 6 nitrogen and oxygen atoms in total. The summed E-state index contributed by atoms with van der Waals surface area (Å²) in [6.45, 7) is 0. The van der Waals surface area contributed by atoms with Crippen molar-refractivity contribution in [3.05, 3.63) is 31.6 Å². The lowest BCUT2D eigenvalue weighted by Gasteiger charge is -1.95. The Hall–Kier alpha value is -1.25. The first-order valence-electron chi connectivity index (χ1n) is 3.06. The van der Waals surface area contributed by atoms with E-state index < -0.39 is 10.9 Å². The Labute approximate surface area is 85.9 Å². The highest BCUT2D eigenvalue weighted by Gasteiger charge is 2.13. The number of hydrogen-bond donors (Lipinski definition) is 1. The minimum Gasteiger partial charge on any atom is -0.477 e. The van der Waals surface area contributed by atoms with Gasteiger partial charge in [-0.2, -0.15) is 0 Å². The van der Waals surface area contributed by atoms with Crippen LogP contribution < -0.4 is 0 Å². The number of halogens is 1. The van der Waals surface area contributed by atoms with Crippen LogP contribution in [0.1, 0.15) is 10.5 Å². The first-order valence-corrected chi connectivity index (χ1v) is 4.14. The molecule has 0 fully saturated rings. The molecular weight excluding hydrogens is 291 g/mol. The van der Waals surface area contributed by atoms with Crippen molar-refractivity contribution in [1.82, 2.24) is 4.98 Å². The van der Waals surface area contributed by atoms with Crippen molar-refractivity contribution in [2.45, 2.75) is 0 Å². The second-order valence-corrected chi connectivity index (χ2v) is 3.20. The Morgan fingerprint density at radius 2 is 2.23 bits per heavy atom. The second-order valence-electron chi connectivity index (χ2n) is 2.10. The van der Waals surface area contributed by atoms with Crippen LogP contribution in [0, 0.1) is 13.8 Å². The summed E-state index contributed by atoms with van der Waals surface area (Å²) in [5.41, 5.74) is -0.588. The minimum absolute atomic E-state index is 0.267. The molecule has 0 aromatic carbocycles. The average Bonchev–Trinajstić information content (AvgIpc) is 2.03. The maximum absolute atomic E-state index is 10.4. The summed E-state index contributed by atoms with van der Waals surface area (Å²) in [6, 6.07) is 2.12. The van der Waals surface area contributed by atoms with E-state index in [9.17, 15) is 14.9 Å². The van der Waals surface area contributed by atoms with Gasteiger partial charge in [-0.25, -0.2) is 9.78 Å². The van der Waals surface area contributed by atoms with Crippen LogP contribution in [0.25, 0.3) is 0 Å². The molecule has 1 aromatic heterocycles. The molecule has 0 radical (unpaired) electrons. The topological polar surface area (TPSA) is 93.3 Å². The number of hydrogen-bond acceptors (Lipinski definition) is 4. The number of aromatic nitrogens is 1. The Balaban J connectivity index is 3.26. The third kappa shape index (κ3) is 2.34. The zero-order chi connectivity index (χ0) is 10.0. The molecule has 1 aromatic rings. The van der Waals surface area contributed by atoms with Gasteiger partial charge in [0, 0.05) is 12.1 Å². The van der Waals surface area contributed by atoms with Gasteiger partial charge in [-0.15, -0.1) is 0 Å². The number of carbonyl (C=O) groups is 1. The first-order chi connectivity index (χ1) is 6.00. The van der Waals surface area contributed by atoms with Gasteiger partial charge in [0.1, 0.15) is 3.70 Å². The summed E-state index contributed by atoms with van der Waals surface area (Å²) in [5.74, 6) is -1.28. The highest BCUT2D eigenvalue weighted by molar-refractivity contribution is 14.1. The third-order valence-corrected chi connectivity index (χ3v) is 1.76. The molecule has 0 aliphatic carbocycles. The lowest BCUT2D eigenvalue weighted by atomic mass is 10.3. The van der Waals surface area contributed by atoms with Gasteiger partial charge in [0.15, 0.2) is 5.69 Å². The number of nitro groups is 1. The molecule has 1 rings (SSSR count). The summed E-state index contributed by atoms with van der Waals surface area (Å²) in [7, 11) is 0. The maximum Gasteiger partial charge on any atom is 0.354 e. The quantitative estimate of drug-likeness (QED) is 0.384. The van der Waals surface area contributed by atoms with Gasteiger partial charge < -0.3 is 5.11 Å². The van der Waals surface area contributed by atoms with Gasteiger partial charge in [-0.1, -0.05) is 0 Å². The van der Waals surface area contributed by atoms with Gasteiger partial charge in [0.05, 0.1) is 4.92 Å². The van der Waals surface area contributed by atoms with Gasteiger partial charge in [-0.3, -0.25) is 10.1 Å². The van der Waals surface area contributed by atoms with Crippen LogP contribution in [0.3, 0.4) is 0 Å². The first kappa shape index (κ1) is 9.84. The molecule has 1 heterocycles. The van der Waals surface area contributed by atoms with Crippen molar-refractivity contribution in [2.24, 2.45) is 0 Å². The van der Waals surface area contributed by atoms with Crippen LogP contribution in [0.4, 0.5) is 5.69 Å². The normalized spacial score (nSPS) is 9.62. The Kier molecular flexibility index (Phi) is 2.76. The molecule has 0 bridgehead atoms. The molecule has 0 spiro atoms. The highest BCUT2D eigenvalue weighted by Crippen LogP contribution is 2.15. The third-order valence-electron chi connectivity index (χ3n) is 1.21. The van der Waals surface area contributed by atoms with Gasteiger partial charge in [-0.05, 0) is 22.6 Å². The van der Waals surface area contributed by atoms with E-state index in [0.29, 0.717) is 0 Å². The standard InChI is InChI=1S/C6H3IN2O4/c7-5-2-3(9(12)13)1-4(8-5)6(10)11/h1-2H,(H,10,11). The Morgan fingerprint density at radius 3 is 2.69 bits per heavy atom. The number of nitrogens with zero attached hydrogens (tertiary/aromatic N) is 2. The van der Waals surface area contributed by atoms with E-state index in [-0.39, 0.29) is 15.1 Å². The number of carboxylic acid groups (broad SMARTS) is 1. The SMILES string of the molecule is O=C(O)c1cc([N+](=O)[O-])cc(I)n1. The fourth-order valence-electron chi connectivity index (χ4n) is 0.698. The van der Waals surface area contributed by atoms with E-state index >= 15 is 0 Å². The molecule has 0 aliphatic rings. The van der Waals surface area contributed by atoms with Crippen LogP contribution in [0.5, 0.6) is 0 Å². The van der Waals surface area contributed by atoms with Crippen molar-refractivity contribution in [3.8, 4) is 0 Å². The Bertz CT molecular complexity index is 347. The van der Waals surface area contributed by atoms with Crippen molar-refractivity contribution in [3.63, 3.8) is 0 Å². The molecule has 0 saturated heterocycles. The van der Waals surface area contributed by atoms with Crippen LogP contribution in [-0.2, 0) is 0 Å². The van der Waals surface area contributed by atoms with Gasteiger partial charge >= 0.3 is 5.97 Å². The molecular formula is C6H3IN2O4. The van der Waals surface area contributed by atoms with E-state index in [2.05, 4.69) is 4.98 Å². The Morgan fingerprint density at radius 1 is 1.62 bits per heavy atom. The maximum atomic E-state index is 10.4. The van der Waals surface area contributed by atoms with E-state index in [0.717, 1.165) is 6.07 Å². The molecule has 0 atom stereocenters. The van der Waals surface area contributed by atoms with Crippen molar-refractivity contribution < 1.29 is 14.8 Å².